The Labute approximate surface area is 376 Å². The summed E-state index contributed by atoms with van der Waals surface area (Å²) < 4.78 is 23.4. The minimum atomic E-state index is -3.50. The number of anilines is 3. The summed E-state index contributed by atoms with van der Waals surface area (Å²) in [5.41, 5.74) is 13.8. The maximum atomic E-state index is 16.7. The topological polar surface area (TPSA) is 59.2 Å². The van der Waals surface area contributed by atoms with E-state index in [1.54, 1.807) is 0 Å². The number of aromatic nitrogens is 2. The molecule has 3 aromatic heterocycles. The van der Waals surface area contributed by atoms with Crippen LogP contribution in [-0.4, -0.2) is 9.97 Å². The molecular formula is C59H38N3O2P. The Morgan fingerprint density at radius 1 is 0.431 bits per heavy atom. The average molecular weight is 852 g/mol. The van der Waals surface area contributed by atoms with Gasteiger partial charge in [-0.05, 0) is 100 Å². The van der Waals surface area contributed by atoms with Gasteiger partial charge in [0.15, 0.2) is 7.14 Å². The Morgan fingerprint density at radius 3 is 1.88 bits per heavy atom. The lowest BCUT2D eigenvalue weighted by Gasteiger charge is -2.50. The molecule has 2 aliphatic rings. The molecule has 2 atom stereocenters. The Hall–Kier alpha value is -8.11. The highest BCUT2D eigenvalue weighted by atomic mass is 31.2. The quantitative estimate of drug-likeness (QED) is 0.161. The van der Waals surface area contributed by atoms with Gasteiger partial charge < -0.3 is 13.9 Å². The van der Waals surface area contributed by atoms with Crippen molar-refractivity contribution in [2.24, 2.45) is 0 Å². The van der Waals surface area contributed by atoms with E-state index in [1.165, 1.54) is 0 Å². The first-order valence-electron chi connectivity index (χ1n) is 21.9. The van der Waals surface area contributed by atoms with Gasteiger partial charge >= 0.3 is 0 Å². The molecule has 5 heterocycles. The summed E-state index contributed by atoms with van der Waals surface area (Å²) in [4.78, 5) is 12.1. The van der Waals surface area contributed by atoms with Crippen LogP contribution < -0.4 is 20.8 Å². The molecule has 6 heteroatoms. The van der Waals surface area contributed by atoms with Crippen molar-refractivity contribution in [2.45, 2.75) is 5.41 Å². The number of nitrogens with zero attached hydrogens (tertiary/aromatic N) is 3. The van der Waals surface area contributed by atoms with Gasteiger partial charge in [-0.3, -0.25) is 4.98 Å². The molecule has 0 aliphatic carbocycles. The van der Waals surface area contributed by atoms with Gasteiger partial charge in [-0.1, -0.05) is 152 Å². The van der Waals surface area contributed by atoms with Crippen LogP contribution in [0.2, 0.25) is 0 Å². The summed E-state index contributed by atoms with van der Waals surface area (Å²) in [6.07, 6.45) is 3.63. The van der Waals surface area contributed by atoms with E-state index in [0.717, 1.165) is 111 Å². The van der Waals surface area contributed by atoms with Crippen molar-refractivity contribution in [3.63, 3.8) is 0 Å². The highest BCUT2D eigenvalue weighted by Crippen LogP contribution is 2.63. The normalized spacial score (nSPS) is 17.1. The number of rotatable bonds is 5. The van der Waals surface area contributed by atoms with Crippen LogP contribution in [0.25, 0.3) is 55.6 Å². The SMILES string of the molecule is O=P1(c2ccccc2)c2ccccc2C2(c3ccccc3N(c3ccccc3)c3cc(-c4cc(-c5ccccc5)cc(-c5ccncc5)n4)ccc32)c2cc3c(cc21)oc1ccccc13. The van der Waals surface area contributed by atoms with Gasteiger partial charge in [0.2, 0.25) is 0 Å². The van der Waals surface area contributed by atoms with Crippen molar-refractivity contribution in [1.29, 1.82) is 0 Å². The van der Waals surface area contributed by atoms with Gasteiger partial charge in [0.1, 0.15) is 11.2 Å². The summed E-state index contributed by atoms with van der Waals surface area (Å²) in [6.45, 7) is 0. The van der Waals surface area contributed by atoms with Crippen LogP contribution in [0.5, 0.6) is 0 Å². The zero-order chi connectivity index (χ0) is 43.1. The predicted octanol–water partition coefficient (Wildman–Crippen LogP) is 13.5. The lowest BCUT2D eigenvalue weighted by atomic mass is 9.62. The van der Waals surface area contributed by atoms with Gasteiger partial charge in [-0.2, -0.15) is 0 Å². The molecule has 0 N–H and O–H groups in total. The minimum Gasteiger partial charge on any atom is -0.456 e. The van der Waals surface area contributed by atoms with Crippen LogP contribution in [0.15, 0.2) is 235 Å². The van der Waals surface area contributed by atoms with Crippen molar-refractivity contribution in [3.05, 3.63) is 253 Å². The van der Waals surface area contributed by atoms with Crippen molar-refractivity contribution in [2.75, 3.05) is 4.90 Å². The van der Waals surface area contributed by atoms with E-state index in [9.17, 15) is 0 Å². The molecule has 0 saturated carbocycles. The average Bonchev–Trinajstić information content (AvgIpc) is 3.75. The van der Waals surface area contributed by atoms with Crippen LogP contribution >= 0.6 is 7.14 Å². The van der Waals surface area contributed by atoms with E-state index in [-0.39, 0.29) is 0 Å². The highest BCUT2D eigenvalue weighted by molar-refractivity contribution is 7.85. The van der Waals surface area contributed by atoms with E-state index in [0.29, 0.717) is 0 Å². The molecular weight excluding hydrogens is 814 g/mol. The molecule has 5 nitrogen and oxygen atoms in total. The summed E-state index contributed by atoms with van der Waals surface area (Å²) in [5, 5.41) is 4.41. The molecule has 0 fully saturated rings. The predicted molar refractivity (Wildman–Crippen MR) is 265 cm³/mol. The molecule has 13 rings (SSSR count). The summed E-state index contributed by atoms with van der Waals surface area (Å²) in [7, 11) is -3.50. The van der Waals surface area contributed by atoms with Crippen molar-refractivity contribution >= 4 is 62.1 Å². The maximum absolute atomic E-state index is 16.7. The largest absolute Gasteiger partial charge is 0.456 e. The fourth-order valence-electron chi connectivity index (χ4n) is 10.6. The number of furan rings is 1. The van der Waals surface area contributed by atoms with Crippen molar-refractivity contribution in [3.8, 4) is 33.6 Å². The van der Waals surface area contributed by atoms with Gasteiger partial charge in [0.05, 0.1) is 28.2 Å². The third-order valence-corrected chi connectivity index (χ3v) is 16.6. The second kappa shape index (κ2) is 14.5. The molecule has 0 radical (unpaired) electrons. The van der Waals surface area contributed by atoms with Crippen LogP contribution in [0.4, 0.5) is 17.1 Å². The van der Waals surface area contributed by atoms with E-state index >= 15 is 4.57 Å². The number of benzene rings is 8. The fourth-order valence-corrected chi connectivity index (χ4v) is 13.8. The molecule has 306 valence electrons. The van der Waals surface area contributed by atoms with Crippen molar-refractivity contribution in [1.82, 2.24) is 9.97 Å². The Bertz CT molecular complexity index is 3650. The summed E-state index contributed by atoms with van der Waals surface area (Å²) in [5.74, 6) is 0. The Balaban J connectivity index is 1.16. The van der Waals surface area contributed by atoms with E-state index < -0.39 is 12.6 Å². The molecule has 2 unspecified atom stereocenters. The van der Waals surface area contributed by atoms with Gasteiger partial charge in [-0.15, -0.1) is 0 Å². The maximum Gasteiger partial charge on any atom is 0.171 e. The van der Waals surface area contributed by atoms with Gasteiger partial charge in [0, 0.05) is 55.9 Å². The molecule has 0 bridgehead atoms. The van der Waals surface area contributed by atoms with Gasteiger partial charge in [0.25, 0.3) is 0 Å². The highest BCUT2D eigenvalue weighted by Gasteiger charge is 2.55. The smallest absolute Gasteiger partial charge is 0.171 e. The lowest BCUT2D eigenvalue weighted by molar-refractivity contribution is 0.590. The molecule has 0 amide bonds. The van der Waals surface area contributed by atoms with Gasteiger partial charge in [-0.25, -0.2) is 4.98 Å². The molecule has 11 aromatic rings. The minimum absolute atomic E-state index is 0.718. The van der Waals surface area contributed by atoms with Crippen LogP contribution in [0.1, 0.15) is 22.3 Å². The molecule has 8 aromatic carbocycles. The van der Waals surface area contributed by atoms with E-state index in [1.807, 2.05) is 79.1 Å². The van der Waals surface area contributed by atoms with Crippen LogP contribution in [0, 0.1) is 0 Å². The zero-order valence-electron chi connectivity index (χ0n) is 35.0. The molecule has 0 saturated heterocycles. The fraction of sp³-hybridized carbons (Fsp3) is 0.0169. The second-order valence-electron chi connectivity index (χ2n) is 16.8. The standard InChI is InChI=1S/C59H38N3O2P/c63-65(44-20-8-3-9-21-44)57-27-15-12-24-49(57)59(50-37-46-45-22-10-14-26-55(45)64-56(46)38-58(50)65)47-23-11-13-25-53(47)62(43-18-6-2-7-19-43)54-36-41(28-29-48(54)59)52-35-42(39-16-4-1-5-17-39)34-51(61-52)40-30-32-60-33-31-40/h1-38H. The van der Waals surface area contributed by atoms with Crippen LogP contribution in [-0.2, 0) is 9.98 Å². The number of para-hydroxylation sites is 3. The second-order valence-corrected chi connectivity index (χ2v) is 19.5. The number of pyridine rings is 2. The summed E-state index contributed by atoms with van der Waals surface area (Å²) in [6, 6.07) is 76.1. The first-order chi connectivity index (χ1) is 32.1. The van der Waals surface area contributed by atoms with E-state index in [4.69, 9.17) is 9.40 Å². The lowest BCUT2D eigenvalue weighted by Crippen LogP contribution is -2.49. The molecule has 2 aliphatic heterocycles. The van der Waals surface area contributed by atoms with Crippen LogP contribution in [0.3, 0.4) is 0 Å². The van der Waals surface area contributed by atoms with Crippen molar-refractivity contribution < 1.29 is 8.98 Å². The van der Waals surface area contributed by atoms with E-state index in [2.05, 4.69) is 162 Å². The number of hydrogen-bond donors (Lipinski definition) is 0. The zero-order valence-corrected chi connectivity index (χ0v) is 35.9. The third kappa shape index (κ3) is 5.49. The Kier molecular flexibility index (Phi) is 8.33. The first-order valence-corrected chi connectivity index (χ1v) is 23.6. The molecule has 65 heavy (non-hydrogen) atoms. The summed E-state index contributed by atoms with van der Waals surface area (Å²) >= 11 is 0. The molecule has 1 spiro atoms. The Morgan fingerprint density at radius 2 is 1.08 bits per heavy atom. The number of fused-ring (bicyclic) bond motifs is 11. The first kappa shape index (κ1) is 37.4. The number of hydrogen-bond acceptors (Lipinski definition) is 5. The third-order valence-electron chi connectivity index (χ3n) is 13.4. The monoisotopic (exact) mass is 851 g/mol.